The second-order valence-electron chi connectivity index (χ2n) is 3.99. The van der Waals surface area contributed by atoms with E-state index in [1.807, 2.05) is 44.2 Å². The number of benzene rings is 1. The molecule has 0 saturated heterocycles. The smallest absolute Gasteiger partial charge is 0.164 e. The maximum Gasteiger partial charge on any atom is 0.164 e. The van der Waals surface area contributed by atoms with Crippen LogP contribution in [-0.2, 0) is 0 Å². The molecular formula is C11H16N2O. The van der Waals surface area contributed by atoms with Crippen LogP contribution in [0.15, 0.2) is 30.3 Å². The SMILES string of the molecule is CC(C)(CC(=O)c1ccccc1)NN. The number of hydrazine groups is 1. The monoisotopic (exact) mass is 192 g/mol. The number of carbonyl (C=O) groups excluding carboxylic acids is 1. The van der Waals surface area contributed by atoms with E-state index in [2.05, 4.69) is 5.43 Å². The van der Waals surface area contributed by atoms with Gasteiger partial charge in [-0.25, -0.2) is 0 Å². The molecule has 3 N–H and O–H groups in total. The molecule has 1 aromatic rings. The van der Waals surface area contributed by atoms with Crippen LogP contribution in [0.5, 0.6) is 0 Å². The van der Waals surface area contributed by atoms with Crippen molar-refractivity contribution in [1.82, 2.24) is 5.43 Å². The normalized spacial score (nSPS) is 11.4. The zero-order valence-corrected chi connectivity index (χ0v) is 8.58. The van der Waals surface area contributed by atoms with Crippen LogP contribution in [0.1, 0.15) is 30.6 Å². The first-order valence-corrected chi connectivity index (χ1v) is 4.61. The minimum absolute atomic E-state index is 0.105. The summed E-state index contributed by atoms with van der Waals surface area (Å²) in [7, 11) is 0. The van der Waals surface area contributed by atoms with Crippen LogP contribution in [0.25, 0.3) is 0 Å². The van der Waals surface area contributed by atoms with Gasteiger partial charge in [0.25, 0.3) is 0 Å². The van der Waals surface area contributed by atoms with Gasteiger partial charge in [0.2, 0.25) is 0 Å². The highest BCUT2D eigenvalue weighted by atomic mass is 16.1. The van der Waals surface area contributed by atoms with Crippen LogP contribution >= 0.6 is 0 Å². The Balaban J connectivity index is 2.69. The predicted molar refractivity (Wildman–Crippen MR) is 56.8 cm³/mol. The van der Waals surface area contributed by atoms with Crippen molar-refractivity contribution in [2.75, 3.05) is 0 Å². The summed E-state index contributed by atoms with van der Waals surface area (Å²) in [6.45, 7) is 3.79. The van der Waals surface area contributed by atoms with Gasteiger partial charge in [0.1, 0.15) is 0 Å². The average Bonchev–Trinajstić information content (AvgIpc) is 2.19. The minimum atomic E-state index is -0.354. The van der Waals surface area contributed by atoms with E-state index in [1.165, 1.54) is 0 Å². The van der Waals surface area contributed by atoms with Crippen molar-refractivity contribution in [2.45, 2.75) is 25.8 Å². The molecule has 3 heteroatoms. The summed E-state index contributed by atoms with van der Waals surface area (Å²) in [6, 6.07) is 9.24. The molecule has 0 aliphatic rings. The van der Waals surface area contributed by atoms with Crippen LogP contribution < -0.4 is 11.3 Å². The summed E-state index contributed by atoms with van der Waals surface area (Å²) in [5.74, 6) is 5.44. The van der Waals surface area contributed by atoms with E-state index in [4.69, 9.17) is 5.84 Å². The summed E-state index contributed by atoms with van der Waals surface area (Å²) in [4.78, 5) is 11.7. The molecule has 0 aliphatic carbocycles. The lowest BCUT2D eigenvalue weighted by Crippen LogP contribution is -2.45. The number of hydrogen-bond donors (Lipinski definition) is 2. The van der Waals surface area contributed by atoms with Crippen LogP contribution in [-0.4, -0.2) is 11.3 Å². The largest absolute Gasteiger partial charge is 0.294 e. The molecule has 0 heterocycles. The van der Waals surface area contributed by atoms with Crippen molar-refractivity contribution in [1.29, 1.82) is 0 Å². The molecule has 76 valence electrons. The lowest BCUT2D eigenvalue weighted by atomic mass is 9.95. The molecule has 0 radical (unpaired) electrons. The lowest BCUT2D eigenvalue weighted by Gasteiger charge is -2.22. The van der Waals surface area contributed by atoms with Crippen LogP contribution in [0.3, 0.4) is 0 Å². The topological polar surface area (TPSA) is 55.1 Å². The maximum absolute atomic E-state index is 11.7. The molecule has 0 bridgehead atoms. The minimum Gasteiger partial charge on any atom is -0.294 e. The fraction of sp³-hybridized carbons (Fsp3) is 0.364. The van der Waals surface area contributed by atoms with Crippen molar-refractivity contribution in [3.8, 4) is 0 Å². The molecule has 1 aromatic carbocycles. The Morgan fingerprint density at radius 2 is 1.93 bits per heavy atom. The molecule has 1 rings (SSSR count). The summed E-state index contributed by atoms with van der Waals surface area (Å²) < 4.78 is 0. The molecule has 14 heavy (non-hydrogen) atoms. The highest BCUT2D eigenvalue weighted by Crippen LogP contribution is 2.12. The number of nitrogens with two attached hydrogens (primary N) is 1. The van der Waals surface area contributed by atoms with E-state index in [1.54, 1.807) is 0 Å². The van der Waals surface area contributed by atoms with Gasteiger partial charge in [-0.15, -0.1) is 0 Å². The van der Waals surface area contributed by atoms with Crippen LogP contribution in [0.2, 0.25) is 0 Å². The molecular weight excluding hydrogens is 176 g/mol. The molecule has 0 aromatic heterocycles. The number of Topliss-reactive ketones (excluding diaryl/α,β-unsaturated/α-hetero) is 1. The predicted octanol–water partition coefficient (Wildman–Crippen LogP) is 1.50. The standard InChI is InChI=1S/C11H16N2O/c1-11(2,13-12)8-10(14)9-6-4-3-5-7-9/h3-7,13H,8,12H2,1-2H3. The highest BCUT2D eigenvalue weighted by molar-refractivity contribution is 5.96. The van der Waals surface area contributed by atoms with Gasteiger partial charge < -0.3 is 0 Å². The van der Waals surface area contributed by atoms with Gasteiger partial charge in [-0.2, -0.15) is 0 Å². The van der Waals surface area contributed by atoms with Crippen LogP contribution in [0, 0.1) is 0 Å². The van der Waals surface area contributed by atoms with E-state index in [-0.39, 0.29) is 11.3 Å². The Hall–Kier alpha value is -1.19. The average molecular weight is 192 g/mol. The third-order valence-corrected chi connectivity index (χ3v) is 2.09. The van der Waals surface area contributed by atoms with E-state index < -0.39 is 0 Å². The van der Waals surface area contributed by atoms with Gasteiger partial charge in [-0.05, 0) is 13.8 Å². The van der Waals surface area contributed by atoms with Crippen LogP contribution in [0.4, 0.5) is 0 Å². The quantitative estimate of drug-likeness (QED) is 0.432. The fourth-order valence-corrected chi connectivity index (χ4v) is 1.18. The van der Waals surface area contributed by atoms with Crippen molar-refractivity contribution < 1.29 is 4.79 Å². The number of rotatable bonds is 4. The summed E-state index contributed by atoms with van der Waals surface area (Å²) in [5.41, 5.74) is 3.00. The van der Waals surface area contributed by atoms with Gasteiger partial charge >= 0.3 is 0 Å². The zero-order valence-electron chi connectivity index (χ0n) is 8.58. The third-order valence-electron chi connectivity index (χ3n) is 2.09. The molecule has 0 saturated carbocycles. The first kappa shape index (κ1) is 10.9. The van der Waals surface area contributed by atoms with Crippen molar-refractivity contribution in [3.63, 3.8) is 0 Å². The first-order valence-electron chi connectivity index (χ1n) is 4.61. The number of ketones is 1. The molecule has 0 aliphatic heterocycles. The van der Waals surface area contributed by atoms with Gasteiger partial charge in [0.15, 0.2) is 5.78 Å². The van der Waals surface area contributed by atoms with Crippen molar-refractivity contribution in [3.05, 3.63) is 35.9 Å². The van der Waals surface area contributed by atoms with Gasteiger partial charge in [-0.3, -0.25) is 16.1 Å². The van der Waals surface area contributed by atoms with Gasteiger partial charge in [0.05, 0.1) is 0 Å². The van der Waals surface area contributed by atoms with Crippen molar-refractivity contribution >= 4 is 5.78 Å². The maximum atomic E-state index is 11.7. The highest BCUT2D eigenvalue weighted by Gasteiger charge is 2.20. The number of hydrogen-bond acceptors (Lipinski definition) is 3. The molecule has 0 atom stereocenters. The molecule has 3 nitrogen and oxygen atoms in total. The number of nitrogens with one attached hydrogen (secondary N) is 1. The summed E-state index contributed by atoms with van der Waals surface area (Å²) in [6.07, 6.45) is 0.396. The Labute approximate surface area is 84.3 Å². The molecule has 0 unspecified atom stereocenters. The van der Waals surface area contributed by atoms with Gasteiger partial charge in [0, 0.05) is 17.5 Å². The molecule has 0 amide bonds. The van der Waals surface area contributed by atoms with E-state index in [9.17, 15) is 4.79 Å². The Bertz CT molecular complexity index is 306. The second kappa shape index (κ2) is 4.35. The lowest BCUT2D eigenvalue weighted by molar-refractivity contribution is 0.0949. The van der Waals surface area contributed by atoms with E-state index in [0.29, 0.717) is 6.42 Å². The fourth-order valence-electron chi connectivity index (χ4n) is 1.18. The van der Waals surface area contributed by atoms with Crippen molar-refractivity contribution in [2.24, 2.45) is 5.84 Å². The van der Waals surface area contributed by atoms with Gasteiger partial charge in [-0.1, -0.05) is 30.3 Å². The van der Waals surface area contributed by atoms with E-state index >= 15 is 0 Å². The third kappa shape index (κ3) is 2.94. The number of carbonyl (C=O) groups is 1. The zero-order chi connectivity index (χ0) is 10.6. The Morgan fingerprint density at radius 1 is 1.36 bits per heavy atom. The Morgan fingerprint density at radius 3 is 2.43 bits per heavy atom. The second-order valence-corrected chi connectivity index (χ2v) is 3.99. The first-order chi connectivity index (χ1) is 6.55. The van der Waals surface area contributed by atoms with E-state index in [0.717, 1.165) is 5.56 Å². The Kier molecular flexibility index (Phi) is 3.38. The molecule has 0 spiro atoms. The summed E-state index contributed by atoms with van der Waals surface area (Å²) >= 11 is 0. The molecule has 0 fully saturated rings. The summed E-state index contributed by atoms with van der Waals surface area (Å²) in [5, 5.41) is 0.